The molecular weight excluding hydrogens is 314 g/mol. The van der Waals surface area contributed by atoms with Gasteiger partial charge < -0.3 is 5.73 Å². The summed E-state index contributed by atoms with van der Waals surface area (Å²) in [6, 6.07) is 5.80. The van der Waals surface area contributed by atoms with E-state index in [1.54, 1.807) is 0 Å². The van der Waals surface area contributed by atoms with Gasteiger partial charge in [-0.1, -0.05) is 17.7 Å². The van der Waals surface area contributed by atoms with Crippen molar-refractivity contribution in [2.75, 3.05) is 0 Å². The second-order valence-corrected chi connectivity index (χ2v) is 5.60. The molecule has 2 aromatic rings. The van der Waals surface area contributed by atoms with Gasteiger partial charge >= 0.3 is 0 Å². The molecule has 0 amide bonds. The molecule has 0 aliphatic carbocycles. The van der Waals surface area contributed by atoms with Crippen LogP contribution in [-0.2, 0) is 0 Å². The summed E-state index contributed by atoms with van der Waals surface area (Å²) in [5.41, 5.74) is 9.70. The normalized spacial score (nSPS) is 12.8. The molecule has 0 saturated carbocycles. The fourth-order valence-corrected chi connectivity index (χ4v) is 2.35. The van der Waals surface area contributed by atoms with Gasteiger partial charge in [-0.05, 0) is 54.4 Å². The quantitative estimate of drug-likeness (QED) is 0.908. The Labute approximate surface area is 120 Å². The number of hydrogen-bond acceptors (Lipinski definition) is 2. The number of halogens is 2. The fraction of sp³-hybridized carbons (Fsp3) is 0.308. The SMILES string of the molecule is Cc1nn(-c2ccc(C(C)N)cc2Cl)c(C)c1Br. The predicted molar refractivity (Wildman–Crippen MR) is 78.4 cm³/mol. The van der Waals surface area contributed by atoms with Crippen molar-refractivity contribution in [2.45, 2.75) is 26.8 Å². The van der Waals surface area contributed by atoms with Gasteiger partial charge in [-0.15, -0.1) is 0 Å². The lowest BCUT2D eigenvalue weighted by Crippen LogP contribution is -2.06. The molecule has 0 aliphatic rings. The Morgan fingerprint density at radius 1 is 1.39 bits per heavy atom. The minimum absolute atomic E-state index is 0.0243. The van der Waals surface area contributed by atoms with E-state index in [9.17, 15) is 0 Å². The standard InChI is InChI=1S/C13H15BrClN3/c1-7(16)10-4-5-12(11(15)6-10)18-9(3)13(14)8(2)17-18/h4-7H,16H2,1-3H3. The number of nitrogens with two attached hydrogens (primary N) is 1. The molecule has 2 rings (SSSR count). The summed E-state index contributed by atoms with van der Waals surface area (Å²) < 4.78 is 2.85. The molecule has 5 heteroatoms. The first-order valence-electron chi connectivity index (χ1n) is 5.69. The third kappa shape index (κ3) is 2.32. The molecular formula is C13H15BrClN3. The Kier molecular flexibility index (Phi) is 3.80. The summed E-state index contributed by atoms with van der Waals surface area (Å²) in [6.07, 6.45) is 0. The van der Waals surface area contributed by atoms with E-state index in [1.165, 1.54) is 0 Å². The van der Waals surface area contributed by atoms with Crippen LogP contribution in [-0.4, -0.2) is 9.78 Å². The molecule has 1 heterocycles. The van der Waals surface area contributed by atoms with Crippen molar-refractivity contribution < 1.29 is 0 Å². The van der Waals surface area contributed by atoms with Crippen LogP contribution in [0.25, 0.3) is 5.69 Å². The zero-order valence-corrected chi connectivity index (χ0v) is 12.9. The van der Waals surface area contributed by atoms with E-state index < -0.39 is 0 Å². The maximum absolute atomic E-state index is 6.31. The van der Waals surface area contributed by atoms with E-state index in [0.29, 0.717) is 5.02 Å². The monoisotopic (exact) mass is 327 g/mol. The van der Waals surface area contributed by atoms with Crippen molar-refractivity contribution >= 4 is 27.5 Å². The van der Waals surface area contributed by atoms with Gasteiger partial charge in [-0.2, -0.15) is 5.10 Å². The van der Waals surface area contributed by atoms with E-state index in [-0.39, 0.29) is 6.04 Å². The molecule has 1 aromatic heterocycles. The lowest BCUT2D eigenvalue weighted by atomic mass is 10.1. The summed E-state index contributed by atoms with van der Waals surface area (Å²) >= 11 is 9.82. The van der Waals surface area contributed by atoms with Crippen molar-refractivity contribution in [1.29, 1.82) is 0 Å². The van der Waals surface area contributed by atoms with E-state index in [4.69, 9.17) is 17.3 Å². The lowest BCUT2D eigenvalue weighted by Gasteiger charge is -2.11. The Bertz CT molecular complexity index is 590. The molecule has 1 atom stereocenters. The van der Waals surface area contributed by atoms with Crippen LogP contribution < -0.4 is 5.73 Å². The van der Waals surface area contributed by atoms with Crippen LogP contribution in [0.4, 0.5) is 0 Å². The molecule has 1 unspecified atom stereocenters. The first kappa shape index (κ1) is 13.6. The van der Waals surface area contributed by atoms with Crippen molar-refractivity contribution in [3.05, 3.63) is 44.6 Å². The maximum atomic E-state index is 6.31. The highest BCUT2D eigenvalue weighted by Gasteiger charge is 2.13. The molecule has 0 bridgehead atoms. The third-order valence-electron chi connectivity index (χ3n) is 2.93. The van der Waals surface area contributed by atoms with E-state index in [0.717, 1.165) is 27.1 Å². The van der Waals surface area contributed by atoms with Gasteiger partial charge in [-0.25, -0.2) is 4.68 Å². The average Bonchev–Trinajstić information content (AvgIpc) is 2.57. The van der Waals surface area contributed by atoms with Crippen molar-refractivity contribution in [3.63, 3.8) is 0 Å². The molecule has 1 aromatic carbocycles. The summed E-state index contributed by atoms with van der Waals surface area (Å²) in [6.45, 7) is 5.89. The highest BCUT2D eigenvalue weighted by molar-refractivity contribution is 9.10. The number of aromatic nitrogens is 2. The van der Waals surface area contributed by atoms with Crippen molar-refractivity contribution in [2.24, 2.45) is 5.73 Å². The van der Waals surface area contributed by atoms with Crippen LogP contribution >= 0.6 is 27.5 Å². The maximum Gasteiger partial charge on any atom is 0.0835 e. The number of benzene rings is 1. The van der Waals surface area contributed by atoms with E-state index >= 15 is 0 Å². The summed E-state index contributed by atoms with van der Waals surface area (Å²) in [5, 5.41) is 5.12. The Hall–Kier alpha value is -0.840. The highest BCUT2D eigenvalue weighted by Crippen LogP contribution is 2.28. The zero-order chi connectivity index (χ0) is 13.4. The van der Waals surface area contributed by atoms with Gasteiger partial charge in [0, 0.05) is 6.04 Å². The van der Waals surface area contributed by atoms with Crippen LogP contribution in [0.5, 0.6) is 0 Å². The van der Waals surface area contributed by atoms with Gasteiger partial charge in [0.05, 0.1) is 26.6 Å². The van der Waals surface area contributed by atoms with E-state index in [1.807, 2.05) is 43.7 Å². The second kappa shape index (κ2) is 5.03. The van der Waals surface area contributed by atoms with Crippen LogP contribution in [0.3, 0.4) is 0 Å². The third-order valence-corrected chi connectivity index (χ3v) is 4.38. The van der Waals surface area contributed by atoms with Crippen molar-refractivity contribution in [3.8, 4) is 5.69 Å². The largest absolute Gasteiger partial charge is 0.324 e. The average molecular weight is 329 g/mol. The summed E-state index contributed by atoms with van der Waals surface area (Å²) in [7, 11) is 0. The first-order chi connectivity index (χ1) is 8.41. The first-order valence-corrected chi connectivity index (χ1v) is 6.86. The molecule has 2 N–H and O–H groups in total. The minimum atomic E-state index is -0.0243. The predicted octanol–water partition coefficient (Wildman–Crippen LogP) is 3.92. The van der Waals surface area contributed by atoms with Gasteiger partial charge in [0.2, 0.25) is 0 Å². The Morgan fingerprint density at radius 3 is 2.50 bits per heavy atom. The molecule has 0 spiro atoms. The number of aryl methyl sites for hydroxylation is 1. The molecule has 0 aliphatic heterocycles. The van der Waals surface area contributed by atoms with Crippen LogP contribution in [0.15, 0.2) is 22.7 Å². The number of rotatable bonds is 2. The molecule has 0 fully saturated rings. The van der Waals surface area contributed by atoms with Gasteiger partial charge in [0.15, 0.2) is 0 Å². The number of nitrogens with zero attached hydrogens (tertiary/aromatic N) is 2. The topological polar surface area (TPSA) is 43.8 Å². The van der Waals surface area contributed by atoms with E-state index in [2.05, 4.69) is 21.0 Å². The number of hydrogen-bond donors (Lipinski definition) is 1. The van der Waals surface area contributed by atoms with Gasteiger partial charge in [0.1, 0.15) is 0 Å². The lowest BCUT2D eigenvalue weighted by molar-refractivity contribution is 0.808. The fourth-order valence-electron chi connectivity index (χ4n) is 1.84. The molecule has 96 valence electrons. The van der Waals surface area contributed by atoms with Crippen LogP contribution in [0.2, 0.25) is 5.02 Å². The summed E-state index contributed by atoms with van der Waals surface area (Å²) in [5.74, 6) is 0. The minimum Gasteiger partial charge on any atom is -0.324 e. The van der Waals surface area contributed by atoms with Crippen molar-refractivity contribution in [1.82, 2.24) is 9.78 Å². The Balaban J connectivity index is 2.54. The Morgan fingerprint density at radius 2 is 2.06 bits per heavy atom. The zero-order valence-electron chi connectivity index (χ0n) is 10.5. The molecule has 18 heavy (non-hydrogen) atoms. The molecule has 3 nitrogen and oxygen atoms in total. The molecule has 0 radical (unpaired) electrons. The second-order valence-electron chi connectivity index (χ2n) is 4.40. The van der Waals surface area contributed by atoms with Crippen LogP contribution in [0, 0.1) is 13.8 Å². The molecule has 0 saturated heterocycles. The summed E-state index contributed by atoms with van der Waals surface area (Å²) in [4.78, 5) is 0. The van der Waals surface area contributed by atoms with Gasteiger partial charge in [-0.3, -0.25) is 0 Å². The van der Waals surface area contributed by atoms with Crippen LogP contribution in [0.1, 0.15) is 29.9 Å². The highest BCUT2D eigenvalue weighted by atomic mass is 79.9. The smallest absolute Gasteiger partial charge is 0.0835 e. The van der Waals surface area contributed by atoms with Gasteiger partial charge in [0.25, 0.3) is 0 Å².